The van der Waals surface area contributed by atoms with Crippen LogP contribution in [0.4, 0.5) is 11.4 Å². The Bertz CT molecular complexity index is 550. The zero-order valence-corrected chi connectivity index (χ0v) is 12.7. The van der Waals surface area contributed by atoms with Crippen molar-refractivity contribution in [3.05, 3.63) is 32.8 Å². The number of rotatable bonds is 3. The number of non-ortho nitro benzene ring substituents is 1. The van der Waals surface area contributed by atoms with Crippen LogP contribution in [0.15, 0.2) is 22.7 Å². The molecule has 1 aliphatic rings. The van der Waals surface area contributed by atoms with Gasteiger partial charge in [0.2, 0.25) is 0 Å². The molecule has 6 nitrogen and oxygen atoms in total. The summed E-state index contributed by atoms with van der Waals surface area (Å²) in [6, 6.07) is 6.99. The van der Waals surface area contributed by atoms with Crippen LogP contribution in [0.1, 0.15) is 6.92 Å². The summed E-state index contributed by atoms with van der Waals surface area (Å²) in [7, 11) is 0. The number of nitriles is 1. The SMILES string of the molecule is CC(C#N)N1CCN(c2ccc([N+](=O)[O-])cc2Br)CC1. The highest BCUT2D eigenvalue weighted by Gasteiger charge is 2.22. The summed E-state index contributed by atoms with van der Waals surface area (Å²) in [4.78, 5) is 14.6. The van der Waals surface area contributed by atoms with E-state index >= 15 is 0 Å². The van der Waals surface area contributed by atoms with Gasteiger partial charge in [0, 0.05) is 42.8 Å². The molecule has 2 rings (SSSR count). The molecule has 1 heterocycles. The Balaban J connectivity index is 2.08. The largest absolute Gasteiger partial charge is 0.368 e. The van der Waals surface area contributed by atoms with Gasteiger partial charge in [-0.15, -0.1) is 0 Å². The number of piperazine rings is 1. The van der Waals surface area contributed by atoms with Crippen molar-refractivity contribution in [1.29, 1.82) is 5.26 Å². The van der Waals surface area contributed by atoms with Crippen LogP contribution in [0.25, 0.3) is 0 Å². The number of hydrogen-bond donors (Lipinski definition) is 0. The fourth-order valence-electron chi connectivity index (χ4n) is 2.30. The number of nitro groups is 1. The first-order chi connectivity index (χ1) is 9.52. The van der Waals surface area contributed by atoms with Gasteiger partial charge in [0.15, 0.2) is 0 Å². The quantitative estimate of drug-likeness (QED) is 0.624. The zero-order valence-electron chi connectivity index (χ0n) is 11.1. The molecule has 7 heteroatoms. The van der Waals surface area contributed by atoms with E-state index in [-0.39, 0.29) is 11.7 Å². The highest BCUT2D eigenvalue weighted by atomic mass is 79.9. The van der Waals surface area contributed by atoms with Gasteiger partial charge in [-0.25, -0.2) is 0 Å². The van der Waals surface area contributed by atoms with Gasteiger partial charge in [0.25, 0.3) is 5.69 Å². The standard InChI is InChI=1S/C13H15BrN4O2/c1-10(9-15)16-4-6-17(7-5-16)13-3-2-11(18(19)20)8-12(13)14/h2-3,8,10H,4-7H2,1H3. The summed E-state index contributed by atoms with van der Waals surface area (Å²) < 4.78 is 0.730. The second-order valence-electron chi connectivity index (χ2n) is 4.72. The molecule has 1 aliphatic heterocycles. The lowest BCUT2D eigenvalue weighted by atomic mass is 10.2. The molecule has 106 valence electrons. The summed E-state index contributed by atoms with van der Waals surface area (Å²) >= 11 is 3.40. The van der Waals surface area contributed by atoms with Gasteiger partial charge in [0.05, 0.1) is 22.7 Å². The maximum absolute atomic E-state index is 10.7. The number of nitrogens with zero attached hydrogens (tertiary/aromatic N) is 4. The summed E-state index contributed by atoms with van der Waals surface area (Å²) in [6.07, 6.45) is 0. The van der Waals surface area contributed by atoms with Crippen LogP contribution >= 0.6 is 15.9 Å². The summed E-state index contributed by atoms with van der Waals surface area (Å²) in [5.41, 5.74) is 1.04. The second-order valence-corrected chi connectivity index (χ2v) is 5.58. The first kappa shape index (κ1) is 14.8. The molecule has 0 bridgehead atoms. The molecule has 1 fully saturated rings. The predicted molar refractivity (Wildman–Crippen MR) is 79.7 cm³/mol. The minimum atomic E-state index is -0.402. The van der Waals surface area contributed by atoms with E-state index in [1.807, 2.05) is 6.92 Å². The maximum Gasteiger partial charge on any atom is 0.270 e. The third-order valence-corrected chi connectivity index (χ3v) is 4.17. The van der Waals surface area contributed by atoms with E-state index in [4.69, 9.17) is 5.26 Å². The van der Waals surface area contributed by atoms with Crippen molar-refractivity contribution in [1.82, 2.24) is 4.90 Å². The number of anilines is 1. The van der Waals surface area contributed by atoms with E-state index in [2.05, 4.69) is 31.8 Å². The fraction of sp³-hybridized carbons (Fsp3) is 0.462. The Morgan fingerprint density at radius 1 is 1.40 bits per heavy atom. The van der Waals surface area contributed by atoms with Crippen molar-refractivity contribution in [3.63, 3.8) is 0 Å². The molecule has 1 unspecified atom stereocenters. The van der Waals surface area contributed by atoms with Crippen molar-refractivity contribution in [2.75, 3.05) is 31.1 Å². The predicted octanol–water partition coefficient (Wildman–Crippen LogP) is 2.39. The molecule has 1 aromatic rings. The van der Waals surface area contributed by atoms with E-state index in [1.165, 1.54) is 12.1 Å². The van der Waals surface area contributed by atoms with Gasteiger partial charge in [0.1, 0.15) is 0 Å². The number of nitro benzene ring substituents is 1. The Labute approximate surface area is 125 Å². The normalized spacial score (nSPS) is 17.6. The maximum atomic E-state index is 10.7. The van der Waals surface area contributed by atoms with Crippen molar-refractivity contribution in [3.8, 4) is 6.07 Å². The van der Waals surface area contributed by atoms with Crippen LogP contribution in [-0.2, 0) is 0 Å². The van der Waals surface area contributed by atoms with Crippen LogP contribution in [0.5, 0.6) is 0 Å². The molecule has 1 aromatic carbocycles. The van der Waals surface area contributed by atoms with Crippen LogP contribution in [0.3, 0.4) is 0 Å². The molecular weight excluding hydrogens is 324 g/mol. The van der Waals surface area contributed by atoms with E-state index in [0.717, 1.165) is 36.3 Å². The topological polar surface area (TPSA) is 73.4 Å². The van der Waals surface area contributed by atoms with Gasteiger partial charge in [-0.3, -0.25) is 15.0 Å². The molecule has 0 N–H and O–H groups in total. The molecule has 0 saturated carbocycles. The van der Waals surface area contributed by atoms with Crippen LogP contribution in [0.2, 0.25) is 0 Å². The molecule has 0 aliphatic carbocycles. The molecule has 20 heavy (non-hydrogen) atoms. The van der Waals surface area contributed by atoms with Crippen molar-refractivity contribution in [2.45, 2.75) is 13.0 Å². The monoisotopic (exact) mass is 338 g/mol. The van der Waals surface area contributed by atoms with Gasteiger partial charge >= 0.3 is 0 Å². The van der Waals surface area contributed by atoms with E-state index in [0.29, 0.717) is 0 Å². The molecule has 1 saturated heterocycles. The van der Waals surface area contributed by atoms with Crippen molar-refractivity contribution >= 4 is 27.3 Å². The number of benzene rings is 1. The first-order valence-electron chi connectivity index (χ1n) is 6.35. The lowest BCUT2D eigenvalue weighted by molar-refractivity contribution is -0.384. The number of hydrogen-bond acceptors (Lipinski definition) is 5. The van der Waals surface area contributed by atoms with Gasteiger partial charge in [-0.05, 0) is 28.9 Å². The Hall–Kier alpha value is -1.65. The fourth-order valence-corrected chi connectivity index (χ4v) is 2.92. The Kier molecular flexibility index (Phi) is 4.57. The summed E-state index contributed by atoms with van der Waals surface area (Å²) in [5.74, 6) is 0. The lowest BCUT2D eigenvalue weighted by Crippen LogP contribution is -2.49. The molecule has 0 amide bonds. The van der Waals surface area contributed by atoms with Crippen LogP contribution < -0.4 is 4.90 Å². The van der Waals surface area contributed by atoms with Gasteiger partial charge in [-0.2, -0.15) is 5.26 Å². The van der Waals surface area contributed by atoms with Gasteiger partial charge in [-0.1, -0.05) is 0 Å². The lowest BCUT2D eigenvalue weighted by Gasteiger charge is -2.37. The molecule has 0 spiro atoms. The molecule has 1 atom stereocenters. The zero-order chi connectivity index (χ0) is 14.7. The molecule has 0 aromatic heterocycles. The van der Waals surface area contributed by atoms with Crippen LogP contribution in [-0.4, -0.2) is 42.0 Å². The summed E-state index contributed by atoms with van der Waals surface area (Å²) in [5, 5.41) is 19.6. The smallest absolute Gasteiger partial charge is 0.270 e. The summed E-state index contributed by atoms with van der Waals surface area (Å²) in [6.45, 7) is 5.15. The second kappa shape index (κ2) is 6.20. The van der Waals surface area contributed by atoms with E-state index in [9.17, 15) is 10.1 Å². The highest BCUT2D eigenvalue weighted by Crippen LogP contribution is 2.30. The minimum absolute atomic E-state index is 0.0718. The van der Waals surface area contributed by atoms with Crippen molar-refractivity contribution < 1.29 is 4.92 Å². The molecule has 0 radical (unpaired) electrons. The van der Waals surface area contributed by atoms with Crippen molar-refractivity contribution in [2.24, 2.45) is 0 Å². The van der Waals surface area contributed by atoms with Crippen LogP contribution in [0, 0.1) is 21.4 Å². The minimum Gasteiger partial charge on any atom is -0.368 e. The molecular formula is C13H15BrN4O2. The Morgan fingerprint density at radius 2 is 2.05 bits per heavy atom. The third kappa shape index (κ3) is 3.08. The first-order valence-corrected chi connectivity index (χ1v) is 7.15. The van der Waals surface area contributed by atoms with Gasteiger partial charge < -0.3 is 4.90 Å². The van der Waals surface area contributed by atoms with E-state index in [1.54, 1.807) is 6.07 Å². The third-order valence-electron chi connectivity index (χ3n) is 3.53. The average molecular weight is 339 g/mol. The van der Waals surface area contributed by atoms with E-state index < -0.39 is 4.92 Å². The number of halogens is 1. The Morgan fingerprint density at radius 3 is 2.55 bits per heavy atom. The highest BCUT2D eigenvalue weighted by molar-refractivity contribution is 9.10. The average Bonchev–Trinajstić information content (AvgIpc) is 2.46.